The molecule has 6 nitrogen and oxygen atoms in total. The van der Waals surface area contributed by atoms with E-state index in [1.54, 1.807) is 7.11 Å². The molecule has 1 saturated heterocycles. The van der Waals surface area contributed by atoms with Crippen LogP contribution in [0.2, 0.25) is 0 Å². The van der Waals surface area contributed by atoms with Gasteiger partial charge in [-0.15, -0.1) is 0 Å². The summed E-state index contributed by atoms with van der Waals surface area (Å²) in [7, 11) is 3.67. The van der Waals surface area contributed by atoms with Gasteiger partial charge in [-0.2, -0.15) is 5.10 Å². The van der Waals surface area contributed by atoms with Crippen LogP contribution in [0.25, 0.3) is 0 Å². The molecule has 29 heavy (non-hydrogen) atoms. The summed E-state index contributed by atoms with van der Waals surface area (Å²) >= 11 is 0. The fourth-order valence-corrected chi connectivity index (χ4v) is 4.17. The number of ether oxygens (including phenoxy) is 1. The molecule has 0 bridgehead atoms. The first-order chi connectivity index (χ1) is 14.0. The second-order valence-electron chi connectivity index (χ2n) is 8.12. The predicted molar refractivity (Wildman–Crippen MR) is 115 cm³/mol. The number of hydrogen-bond donors (Lipinski definition) is 0. The second kappa shape index (κ2) is 10.4. The van der Waals surface area contributed by atoms with Crippen LogP contribution in [0.3, 0.4) is 0 Å². The number of aromatic nitrogens is 2. The fraction of sp³-hybridized carbons (Fsp3) is 0.565. The van der Waals surface area contributed by atoms with Gasteiger partial charge in [-0.25, -0.2) is 0 Å². The van der Waals surface area contributed by atoms with Gasteiger partial charge in [0.15, 0.2) is 0 Å². The Morgan fingerprint density at radius 3 is 2.86 bits per heavy atom. The molecule has 1 aliphatic rings. The number of nitrogens with zero attached hydrogens (tertiary/aromatic N) is 4. The summed E-state index contributed by atoms with van der Waals surface area (Å²) in [5.74, 6) is 1.71. The number of likely N-dealkylation sites (tertiary alicyclic amines) is 1. The molecule has 1 atom stereocenters. The van der Waals surface area contributed by atoms with E-state index in [0.29, 0.717) is 18.9 Å². The third-order valence-corrected chi connectivity index (χ3v) is 5.78. The quantitative estimate of drug-likeness (QED) is 0.652. The molecule has 158 valence electrons. The number of carbonyl (C=O) groups is 1. The topological polar surface area (TPSA) is 50.6 Å². The van der Waals surface area contributed by atoms with Crippen molar-refractivity contribution in [2.24, 2.45) is 5.92 Å². The third-order valence-electron chi connectivity index (χ3n) is 5.78. The van der Waals surface area contributed by atoms with Crippen molar-refractivity contribution in [3.05, 3.63) is 47.8 Å². The Bertz CT molecular complexity index is 789. The van der Waals surface area contributed by atoms with Gasteiger partial charge in [0.25, 0.3) is 0 Å². The highest BCUT2D eigenvalue weighted by atomic mass is 16.5. The number of benzene rings is 1. The smallest absolute Gasteiger partial charge is 0.224 e. The lowest BCUT2D eigenvalue weighted by Crippen LogP contribution is -2.42. The summed E-state index contributed by atoms with van der Waals surface area (Å²) in [5, 5.41) is 4.36. The highest BCUT2D eigenvalue weighted by Crippen LogP contribution is 2.21. The largest absolute Gasteiger partial charge is 0.496 e. The number of aryl methyl sites for hydroxylation is 2. The molecule has 0 saturated carbocycles. The van der Waals surface area contributed by atoms with Crippen molar-refractivity contribution in [3.63, 3.8) is 0 Å². The molecule has 1 fully saturated rings. The molecule has 0 spiro atoms. The lowest BCUT2D eigenvalue weighted by atomic mass is 9.97. The number of piperidine rings is 1. The van der Waals surface area contributed by atoms with Gasteiger partial charge in [0.2, 0.25) is 5.91 Å². The maximum Gasteiger partial charge on any atom is 0.224 e. The zero-order valence-electron chi connectivity index (χ0n) is 18.0. The molecule has 3 rings (SSSR count). The van der Waals surface area contributed by atoms with E-state index in [1.807, 2.05) is 47.9 Å². The Morgan fingerprint density at radius 2 is 2.10 bits per heavy atom. The van der Waals surface area contributed by atoms with E-state index in [1.165, 1.54) is 18.4 Å². The Morgan fingerprint density at radius 1 is 1.28 bits per heavy atom. The van der Waals surface area contributed by atoms with Crippen LogP contribution in [-0.2, 0) is 17.8 Å². The van der Waals surface area contributed by atoms with Crippen LogP contribution < -0.4 is 4.74 Å². The third kappa shape index (κ3) is 6.32. The number of rotatable bonds is 9. The molecule has 0 radical (unpaired) electrons. The normalized spacial score (nSPS) is 17.3. The van der Waals surface area contributed by atoms with Gasteiger partial charge in [0.05, 0.1) is 12.8 Å². The van der Waals surface area contributed by atoms with Crippen molar-refractivity contribution in [3.8, 4) is 5.75 Å². The number of carbonyl (C=O) groups excluding carboxylic acids is 1. The highest BCUT2D eigenvalue weighted by Gasteiger charge is 2.22. The van der Waals surface area contributed by atoms with Gasteiger partial charge >= 0.3 is 0 Å². The van der Waals surface area contributed by atoms with Gasteiger partial charge < -0.3 is 14.5 Å². The van der Waals surface area contributed by atoms with Crippen molar-refractivity contribution < 1.29 is 9.53 Å². The van der Waals surface area contributed by atoms with Crippen molar-refractivity contribution in [2.45, 2.75) is 39.2 Å². The van der Waals surface area contributed by atoms with Crippen LogP contribution >= 0.6 is 0 Å². The van der Waals surface area contributed by atoms with Crippen LogP contribution in [0.5, 0.6) is 5.75 Å². The van der Waals surface area contributed by atoms with E-state index in [-0.39, 0.29) is 5.91 Å². The lowest BCUT2D eigenvalue weighted by molar-refractivity contribution is -0.131. The van der Waals surface area contributed by atoms with E-state index in [0.717, 1.165) is 44.0 Å². The van der Waals surface area contributed by atoms with Crippen LogP contribution in [-0.4, -0.2) is 65.8 Å². The molecule has 1 aromatic heterocycles. The SMILES string of the molecule is COc1ccccc1CCN1CCCC(CN(C)C(=O)CCn2ccc(C)n2)C1. The monoisotopic (exact) mass is 398 g/mol. The van der Waals surface area contributed by atoms with Gasteiger partial charge in [-0.1, -0.05) is 18.2 Å². The summed E-state index contributed by atoms with van der Waals surface area (Å²) in [6.45, 7) is 6.68. The molecule has 1 aliphatic heterocycles. The molecular weight excluding hydrogens is 364 g/mol. The molecule has 6 heteroatoms. The Labute approximate surface area is 174 Å². The standard InChI is InChI=1S/C23H34N4O2/c1-19-10-15-27(24-19)16-12-23(28)25(2)17-20-7-6-13-26(18-20)14-11-21-8-4-5-9-22(21)29-3/h4-5,8-10,15,20H,6-7,11-14,16-18H2,1-3H3. The van der Waals surface area contributed by atoms with Crippen molar-refractivity contribution in [2.75, 3.05) is 40.3 Å². The van der Waals surface area contributed by atoms with Gasteiger partial charge in [0, 0.05) is 45.8 Å². The summed E-state index contributed by atoms with van der Waals surface area (Å²) < 4.78 is 7.32. The zero-order valence-corrected chi connectivity index (χ0v) is 18.0. The predicted octanol–water partition coefficient (Wildman–Crippen LogP) is 3.00. The van der Waals surface area contributed by atoms with E-state index in [9.17, 15) is 4.79 Å². The van der Waals surface area contributed by atoms with Crippen molar-refractivity contribution >= 4 is 5.91 Å². The zero-order chi connectivity index (χ0) is 20.6. The van der Waals surface area contributed by atoms with Crippen LogP contribution in [0.4, 0.5) is 0 Å². The molecule has 2 aromatic rings. The van der Waals surface area contributed by atoms with Crippen molar-refractivity contribution in [1.29, 1.82) is 0 Å². The van der Waals surface area contributed by atoms with E-state index in [2.05, 4.69) is 22.1 Å². The molecule has 1 amide bonds. The minimum absolute atomic E-state index is 0.198. The molecule has 1 aromatic carbocycles. The van der Waals surface area contributed by atoms with Gasteiger partial charge in [0.1, 0.15) is 5.75 Å². The molecular formula is C23H34N4O2. The number of hydrogen-bond acceptors (Lipinski definition) is 4. The van der Waals surface area contributed by atoms with E-state index >= 15 is 0 Å². The van der Waals surface area contributed by atoms with Crippen LogP contribution in [0.1, 0.15) is 30.5 Å². The minimum atomic E-state index is 0.198. The molecule has 2 heterocycles. The van der Waals surface area contributed by atoms with E-state index in [4.69, 9.17) is 4.74 Å². The molecule has 0 aliphatic carbocycles. The van der Waals surface area contributed by atoms with Gasteiger partial charge in [-0.05, 0) is 56.3 Å². The second-order valence-corrected chi connectivity index (χ2v) is 8.12. The average Bonchev–Trinajstić information content (AvgIpc) is 3.16. The summed E-state index contributed by atoms with van der Waals surface area (Å²) in [5.41, 5.74) is 2.25. The Hall–Kier alpha value is -2.34. The minimum Gasteiger partial charge on any atom is -0.496 e. The van der Waals surface area contributed by atoms with Gasteiger partial charge in [-0.3, -0.25) is 9.48 Å². The molecule has 0 N–H and O–H groups in total. The Kier molecular flexibility index (Phi) is 7.69. The number of methoxy groups -OCH3 is 1. The molecule has 1 unspecified atom stereocenters. The maximum atomic E-state index is 12.5. The first kappa shape index (κ1) is 21.4. The van der Waals surface area contributed by atoms with Crippen LogP contribution in [0, 0.1) is 12.8 Å². The van der Waals surface area contributed by atoms with E-state index < -0.39 is 0 Å². The number of amides is 1. The fourth-order valence-electron chi connectivity index (χ4n) is 4.17. The van der Waals surface area contributed by atoms with Crippen LogP contribution in [0.15, 0.2) is 36.5 Å². The van der Waals surface area contributed by atoms with Crippen molar-refractivity contribution in [1.82, 2.24) is 19.6 Å². The first-order valence-corrected chi connectivity index (χ1v) is 10.6. The maximum absolute atomic E-state index is 12.5. The number of para-hydroxylation sites is 1. The first-order valence-electron chi connectivity index (χ1n) is 10.6. The summed E-state index contributed by atoms with van der Waals surface area (Å²) in [6.07, 6.45) is 5.83. The lowest BCUT2D eigenvalue weighted by Gasteiger charge is -2.34. The Balaban J connectivity index is 1.43. The highest BCUT2D eigenvalue weighted by molar-refractivity contribution is 5.75. The summed E-state index contributed by atoms with van der Waals surface area (Å²) in [6, 6.07) is 10.2. The summed E-state index contributed by atoms with van der Waals surface area (Å²) in [4.78, 5) is 17.0. The average molecular weight is 399 g/mol.